The number of ether oxygens (including phenoxy) is 2. The second-order valence-corrected chi connectivity index (χ2v) is 7.45. The summed E-state index contributed by atoms with van der Waals surface area (Å²) in [5.41, 5.74) is 0.916. The summed E-state index contributed by atoms with van der Waals surface area (Å²) >= 11 is 6.59. The highest BCUT2D eigenvalue weighted by atomic mass is 79.9. The van der Waals surface area contributed by atoms with Gasteiger partial charge in [-0.05, 0) is 66.7 Å². The lowest BCUT2D eigenvalue weighted by Gasteiger charge is -2.11. The van der Waals surface area contributed by atoms with Gasteiger partial charge in [0.25, 0.3) is 0 Å². The molecule has 0 radical (unpaired) electrons. The highest BCUT2D eigenvalue weighted by Gasteiger charge is 2.17. The van der Waals surface area contributed by atoms with Gasteiger partial charge in [-0.15, -0.1) is 0 Å². The predicted octanol–water partition coefficient (Wildman–Crippen LogP) is 5.46. The molecule has 0 spiro atoms. The molecule has 0 saturated heterocycles. The first kappa shape index (κ1) is 20.0. The maximum Gasteiger partial charge on any atom is 0.343 e. The summed E-state index contributed by atoms with van der Waals surface area (Å²) < 4.78 is 12.4. The number of esters is 2. The van der Waals surface area contributed by atoms with E-state index < -0.39 is 11.9 Å². The zero-order valence-corrected chi connectivity index (χ0v) is 17.4. The Morgan fingerprint density at radius 3 is 1.61 bits per heavy atom. The van der Waals surface area contributed by atoms with Crippen LogP contribution in [-0.2, 0) is 0 Å². The SMILES string of the molecule is O=Cc1ccc(OC(=O)c2ccc(Br)cc2)c(OC(=O)c2ccc(Br)cc2)c1. The fourth-order valence-corrected chi connectivity index (χ4v) is 2.78. The van der Waals surface area contributed by atoms with Gasteiger partial charge in [-0.1, -0.05) is 31.9 Å². The van der Waals surface area contributed by atoms with E-state index in [0.29, 0.717) is 17.4 Å². The lowest BCUT2D eigenvalue weighted by molar-refractivity contribution is 0.0682. The third-order valence-electron chi connectivity index (χ3n) is 3.67. The van der Waals surface area contributed by atoms with Gasteiger partial charge in [0, 0.05) is 14.5 Å². The normalized spacial score (nSPS) is 10.2. The maximum atomic E-state index is 12.4. The summed E-state index contributed by atoms with van der Waals surface area (Å²) in [7, 11) is 0. The van der Waals surface area contributed by atoms with Crippen LogP contribution in [0.5, 0.6) is 11.5 Å². The molecule has 140 valence electrons. The van der Waals surface area contributed by atoms with Crippen LogP contribution in [0.1, 0.15) is 31.1 Å². The van der Waals surface area contributed by atoms with E-state index in [9.17, 15) is 14.4 Å². The third-order valence-corrected chi connectivity index (χ3v) is 4.73. The van der Waals surface area contributed by atoms with Crippen molar-refractivity contribution >= 4 is 50.1 Å². The molecule has 0 aromatic heterocycles. The van der Waals surface area contributed by atoms with Crippen molar-refractivity contribution in [2.75, 3.05) is 0 Å². The summed E-state index contributed by atoms with van der Waals surface area (Å²) in [6, 6.07) is 17.4. The number of aldehydes is 1. The Kier molecular flexibility index (Phi) is 6.38. The molecule has 0 N–H and O–H groups in total. The van der Waals surface area contributed by atoms with E-state index in [4.69, 9.17) is 9.47 Å². The van der Waals surface area contributed by atoms with Crippen LogP contribution in [0.4, 0.5) is 0 Å². The van der Waals surface area contributed by atoms with E-state index in [1.807, 2.05) is 0 Å². The minimum Gasteiger partial charge on any atom is -0.419 e. The lowest BCUT2D eigenvalue weighted by atomic mass is 10.2. The predicted molar refractivity (Wildman–Crippen MR) is 110 cm³/mol. The minimum absolute atomic E-state index is 0.0250. The summed E-state index contributed by atoms with van der Waals surface area (Å²) in [5, 5.41) is 0. The standard InChI is InChI=1S/C21H12Br2O5/c22-16-6-2-14(3-7-16)20(25)27-18-10-1-13(12-24)11-19(18)28-21(26)15-4-8-17(23)9-5-15/h1-12H. The monoisotopic (exact) mass is 502 g/mol. The molecular formula is C21H12Br2O5. The van der Waals surface area contributed by atoms with Gasteiger partial charge in [0.15, 0.2) is 11.5 Å². The molecule has 0 amide bonds. The molecule has 7 heteroatoms. The molecule has 0 bridgehead atoms. The fourth-order valence-electron chi connectivity index (χ4n) is 2.25. The third kappa shape index (κ3) is 4.94. The van der Waals surface area contributed by atoms with Crippen molar-refractivity contribution in [3.63, 3.8) is 0 Å². The Bertz CT molecular complexity index is 1030. The summed E-state index contributed by atoms with van der Waals surface area (Å²) in [4.78, 5) is 35.9. The number of carbonyl (C=O) groups excluding carboxylic acids is 3. The van der Waals surface area contributed by atoms with Crippen LogP contribution < -0.4 is 9.47 Å². The molecule has 3 aromatic carbocycles. The molecule has 3 rings (SSSR count). The molecule has 0 aliphatic carbocycles. The molecule has 3 aromatic rings. The Morgan fingerprint density at radius 2 is 1.14 bits per heavy atom. The van der Waals surface area contributed by atoms with Crippen molar-refractivity contribution < 1.29 is 23.9 Å². The highest BCUT2D eigenvalue weighted by molar-refractivity contribution is 9.10. The molecule has 0 saturated carbocycles. The average molecular weight is 504 g/mol. The molecule has 28 heavy (non-hydrogen) atoms. The van der Waals surface area contributed by atoms with Crippen molar-refractivity contribution in [3.8, 4) is 11.5 Å². The van der Waals surface area contributed by atoms with Crippen LogP contribution in [0.3, 0.4) is 0 Å². The first-order chi connectivity index (χ1) is 13.5. The van der Waals surface area contributed by atoms with E-state index in [1.54, 1.807) is 48.5 Å². The van der Waals surface area contributed by atoms with Gasteiger partial charge in [-0.25, -0.2) is 9.59 Å². The van der Waals surface area contributed by atoms with Crippen LogP contribution in [-0.4, -0.2) is 18.2 Å². The fraction of sp³-hybridized carbons (Fsp3) is 0. The van der Waals surface area contributed by atoms with Crippen molar-refractivity contribution in [2.24, 2.45) is 0 Å². The minimum atomic E-state index is -0.642. The Balaban J connectivity index is 1.86. The van der Waals surface area contributed by atoms with Crippen molar-refractivity contribution in [3.05, 3.63) is 92.4 Å². The quantitative estimate of drug-likeness (QED) is 0.262. The lowest BCUT2D eigenvalue weighted by Crippen LogP contribution is -2.13. The van der Waals surface area contributed by atoms with Gasteiger partial charge in [-0.2, -0.15) is 0 Å². The van der Waals surface area contributed by atoms with E-state index in [0.717, 1.165) is 8.95 Å². The van der Waals surface area contributed by atoms with E-state index >= 15 is 0 Å². The van der Waals surface area contributed by atoms with Crippen LogP contribution in [0.15, 0.2) is 75.7 Å². The molecule has 5 nitrogen and oxygen atoms in total. The van der Waals surface area contributed by atoms with Gasteiger partial charge in [0.2, 0.25) is 0 Å². The van der Waals surface area contributed by atoms with E-state index in [1.165, 1.54) is 18.2 Å². The zero-order chi connectivity index (χ0) is 20.1. The van der Waals surface area contributed by atoms with E-state index in [-0.39, 0.29) is 17.1 Å². The first-order valence-electron chi connectivity index (χ1n) is 8.01. The van der Waals surface area contributed by atoms with Crippen LogP contribution in [0.25, 0.3) is 0 Å². The van der Waals surface area contributed by atoms with Crippen LogP contribution >= 0.6 is 31.9 Å². The van der Waals surface area contributed by atoms with Crippen LogP contribution in [0, 0.1) is 0 Å². The number of hydrogen-bond acceptors (Lipinski definition) is 5. The summed E-state index contributed by atoms with van der Waals surface area (Å²) in [6.07, 6.45) is 0.608. The number of carbonyl (C=O) groups is 3. The Hall–Kier alpha value is -2.77. The number of halogens is 2. The largest absolute Gasteiger partial charge is 0.419 e. The number of benzene rings is 3. The highest BCUT2D eigenvalue weighted by Crippen LogP contribution is 2.30. The molecule has 0 aliphatic heterocycles. The van der Waals surface area contributed by atoms with Gasteiger partial charge in [-0.3, -0.25) is 4.79 Å². The second-order valence-electron chi connectivity index (χ2n) is 5.62. The molecule has 0 unspecified atom stereocenters. The zero-order valence-electron chi connectivity index (χ0n) is 14.2. The average Bonchev–Trinajstić information content (AvgIpc) is 2.70. The number of hydrogen-bond donors (Lipinski definition) is 0. The van der Waals surface area contributed by atoms with E-state index in [2.05, 4.69) is 31.9 Å². The summed E-state index contributed by atoms with van der Waals surface area (Å²) in [5.74, 6) is -1.25. The second kappa shape index (κ2) is 8.95. The molecule has 0 atom stereocenters. The molecule has 0 fully saturated rings. The Morgan fingerprint density at radius 1 is 0.679 bits per heavy atom. The molecule has 0 aliphatic rings. The topological polar surface area (TPSA) is 69.7 Å². The van der Waals surface area contributed by atoms with Gasteiger partial charge in [0.05, 0.1) is 11.1 Å². The van der Waals surface area contributed by atoms with Crippen molar-refractivity contribution in [1.82, 2.24) is 0 Å². The van der Waals surface area contributed by atoms with Crippen molar-refractivity contribution in [2.45, 2.75) is 0 Å². The first-order valence-corrected chi connectivity index (χ1v) is 9.59. The van der Waals surface area contributed by atoms with Gasteiger partial charge >= 0.3 is 11.9 Å². The smallest absolute Gasteiger partial charge is 0.343 e. The molecule has 0 heterocycles. The Labute approximate surface area is 177 Å². The van der Waals surface area contributed by atoms with Crippen molar-refractivity contribution in [1.29, 1.82) is 0 Å². The maximum absolute atomic E-state index is 12.4. The summed E-state index contributed by atoms with van der Waals surface area (Å²) in [6.45, 7) is 0. The molecular weight excluding hydrogens is 492 g/mol. The van der Waals surface area contributed by atoms with Crippen LogP contribution in [0.2, 0.25) is 0 Å². The number of rotatable bonds is 5. The van der Waals surface area contributed by atoms with Gasteiger partial charge in [0.1, 0.15) is 6.29 Å². The van der Waals surface area contributed by atoms with Gasteiger partial charge < -0.3 is 9.47 Å².